The molecule has 0 amide bonds. The highest BCUT2D eigenvalue weighted by atomic mass is 16.6. The van der Waals surface area contributed by atoms with Gasteiger partial charge in [0, 0.05) is 12.7 Å². The Morgan fingerprint density at radius 3 is 3.00 bits per heavy atom. The molecule has 1 heterocycles. The molecule has 1 saturated heterocycles. The number of nitro benzene ring substituents is 1. The molecule has 18 heavy (non-hydrogen) atoms. The van der Waals surface area contributed by atoms with Crippen LogP contribution in [0.3, 0.4) is 0 Å². The number of benzene rings is 1. The van der Waals surface area contributed by atoms with Gasteiger partial charge in [0.2, 0.25) is 0 Å². The average molecular weight is 253 g/mol. The second kappa shape index (κ2) is 5.79. The highest BCUT2D eigenvalue weighted by molar-refractivity contribution is 5.48. The summed E-state index contributed by atoms with van der Waals surface area (Å²) in [5.41, 5.74) is 0.494. The summed E-state index contributed by atoms with van der Waals surface area (Å²) >= 11 is 0. The third-order valence-electron chi connectivity index (χ3n) is 2.85. The predicted molar refractivity (Wildman–Crippen MR) is 63.5 cm³/mol. The summed E-state index contributed by atoms with van der Waals surface area (Å²) in [5.74, 6) is 0.182. The van der Waals surface area contributed by atoms with E-state index >= 15 is 0 Å². The summed E-state index contributed by atoms with van der Waals surface area (Å²) in [7, 11) is 0. The van der Waals surface area contributed by atoms with Gasteiger partial charge in [-0.15, -0.1) is 0 Å². The van der Waals surface area contributed by atoms with Crippen LogP contribution >= 0.6 is 0 Å². The molecule has 6 heteroatoms. The Labute approximate surface area is 104 Å². The first kappa shape index (κ1) is 12.8. The molecule has 2 rings (SSSR count). The minimum atomic E-state index is -0.494. The van der Waals surface area contributed by atoms with Crippen molar-refractivity contribution in [1.82, 2.24) is 0 Å². The molecule has 0 bridgehead atoms. The Kier molecular flexibility index (Phi) is 4.11. The Balaban J connectivity index is 2.10. The minimum Gasteiger partial charge on any atom is -0.484 e. The molecule has 0 spiro atoms. The zero-order valence-electron chi connectivity index (χ0n) is 9.87. The normalized spacial score (nSPS) is 18.8. The molecule has 1 aromatic carbocycles. The molecular weight excluding hydrogens is 238 g/mol. The van der Waals surface area contributed by atoms with Gasteiger partial charge in [0.25, 0.3) is 0 Å². The van der Waals surface area contributed by atoms with E-state index in [1.54, 1.807) is 0 Å². The molecule has 1 aliphatic heterocycles. The van der Waals surface area contributed by atoms with E-state index in [2.05, 4.69) is 0 Å². The van der Waals surface area contributed by atoms with Gasteiger partial charge in [-0.05, 0) is 30.5 Å². The van der Waals surface area contributed by atoms with Gasteiger partial charge in [0.15, 0.2) is 5.75 Å². The molecule has 1 fully saturated rings. The number of aliphatic hydroxyl groups excluding tert-OH is 1. The van der Waals surface area contributed by atoms with Gasteiger partial charge in [-0.25, -0.2) is 0 Å². The fourth-order valence-corrected chi connectivity index (χ4v) is 1.88. The Hall–Kier alpha value is -1.66. The zero-order valence-corrected chi connectivity index (χ0v) is 9.87. The molecule has 1 unspecified atom stereocenters. The van der Waals surface area contributed by atoms with Crippen molar-refractivity contribution in [2.45, 2.75) is 25.6 Å². The third kappa shape index (κ3) is 2.96. The molecule has 1 atom stereocenters. The van der Waals surface area contributed by atoms with E-state index in [-0.39, 0.29) is 24.1 Å². The summed E-state index contributed by atoms with van der Waals surface area (Å²) in [6, 6.07) is 4.35. The molecule has 1 N–H and O–H groups in total. The van der Waals surface area contributed by atoms with Crippen LogP contribution in [0.5, 0.6) is 5.75 Å². The van der Waals surface area contributed by atoms with Gasteiger partial charge >= 0.3 is 5.69 Å². The fraction of sp³-hybridized carbons (Fsp3) is 0.500. The van der Waals surface area contributed by atoms with Crippen molar-refractivity contribution in [1.29, 1.82) is 0 Å². The summed E-state index contributed by atoms with van der Waals surface area (Å²) in [5, 5.41) is 19.9. The van der Waals surface area contributed by atoms with Crippen molar-refractivity contribution >= 4 is 5.69 Å². The Morgan fingerprint density at radius 2 is 2.39 bits per heavy atom. The van der Waals surface area contributed by atoms with Crippen LogP contribution in [0, 0.1) is 10.1 Å². The van der Waals surface area contributed by atoms with E-state index in [1.165, 1.54) is 18.2 Å². The molecule has 1 aliphatic rings. The molecule has 0 aliphatic carbocycles. The van der Waals surface area contributed by atoms with Crippen molar-refractivity contribution < 1.29 is 19.5 Å². The molecular formula is C12H15NO5. The van der Waals surface area contributed by atoms with Gasteiger partial charge in [0.05, 0.1) is 17.6 Å². The zero-order chi connectivity index (χ0) is 13.0. The monoisotopic (exact) mass is 253 g/mol. The lowest BCUT2D eigenvalue weighted by Gasteiger charge is -2.12. The van der Waals surface area contributed by atoms with Crippen molar-refractivity contribution in [2.75, 3.05) is 13.2 Å². The smallest absolute Gasteiger partial charge is 0.310 e. The maximum absolute atomic E-state index is 10.8. The van der Waals surface area contributed by atoms with E-state index in [0.29, 0.717) is 18.8 Å². The average Bonchev–Trinajstić information content (AvgIpc) is 2.88. The molecule has 6 nitrogen and oxygen atoms in total. The summed E-state index contributed by atoms with van der Waals surface area (Å²) < 4.78 is 10.8. The predicted octanol–water partition coefficient (Wildman–Crippen LogP) is 1.64. The first-order valence-corrected chi connectivity index (χ1v) is 5.83. The van der Waals surface area contributed by atoms with E-state index in [1.807, 2.05) is 0 Å². The van der Waals surface area contributed by atoms with Crippen molar-refractivity contribution in [2.24, 2.45) is 0 Å². The van der Waals surface area contributed by atoms with E-state index in [0.717, 1.165) is 12.8 Å². The van der Waals surface area contributed by atoms with Crippen LogP contribution in [0.25, 0.3) is 0 Å². The summed E-state index contributed by atoms with van der Waals surface area (Å²) in [4.78, 5) is 10.4. The first-order valence-electron chi connectivity index (χ1n) is 5.83. The van der Waals surface area contributed by atoms with Crippen LogP contribution in [0.2, 0.25) is 0 Å². The van der Waals surface area contributed by atoms with Gasteiger partial charge in [-0.1, -0.05) is 0 Å². The number of hydrogen-bond acceptors (Lipinski definition) is 5. The number of nitro groups is 1. The van der Waals surface area contributed by atoms with Crippen molar-refractivity contribution in [3.8, 4) is 5.75 Å². The lowest BCUT2D eigenvalue weighted by Crippen LogP contribution is -2.16. The highest BCUT2D eigenvalue weighted by Crippen LogP contribution is 2.28. The quantitative estimate of drug-likeness (QED) is 0.637. The third-order valence-corrected chi connectivity index (χ3v) is 2.85. The molecule has 0 radical (unpaired) electrons. The first-order chi connectivity index (χ1) is 8.70. The van der Waals surface area contributed by atoms with Crippen LogP contribution in [0.4, 0.5) is 5.69 Å². The van der Waals surface area contributed by atoms with Gasteiger partial charge in [0.1, 0.15) is 6.61 Å². The Bertz CT molecular complexity index is 428. The number of hydrogen-bond donors (Lipinski definition) is 1. The van der Waals surface area contributed by atoms with E-state index in [4.69, 9.17) is 14.6 Å². The fourth-order valence-electron chi connectivity index (χ4n) is 1.88. The summed E-state index contributed by atoms with van der Waals surface area (Å²) in [6.07, 6.45) is 1.91. The van der Waals surface area contributed by atoms with Crippen LogP contribution in [0.1, 0.15) is 18.4 Å². The number of aliphatic hydroxyl groups is 1. The number of ether oxygens (including phenoxy) is 2. The molecule has 0 aromatic heterocycles. The van der Waals surface area contributed by atoms with E-state index in [9.17, 15) is 10.1 Å². The maximum Gasteiger partial charge on any atom is 0.310 e. The van der Waals surface area contributed by atoms with Gasteiger partial charge in [-0.3, -0.25) is 10.1 Å². The maximum atomic E-state index is 10.8. The standard InChI is InChI=1S/C12H15NO5/c14-7-9-3-4-11(13(15)16)12(6-9)18-8-10-2-1-5-17-10/h3-4,6,10,14H,1-2,5,7-8H2. The number of rotatable bonds is 5. The van der Waals surface area contributed by atoms with Crippen LogP contribution in [-0.2, 0) is 11.3 Å². The lowest BCUT2D eigenvalue weighted by molar-refractivity contribution is -0.385. The van der Waals surface area contributed by atoms with E-state index < -0.39 is 4.92 Å². The van der Waals surface area contributed by atoms with Crippen LogP contribution in [-0.4, -0.2) is 29.3 Å². The minimum absolute atomic E-state index is 0.00221. The largest absolute Gasteiger partial charge is 0.484 e. The second-order valence-electron chi connectivity index (χ2n) is 4.16. The lowest BCUT2D eigenvalue weighted by atomic mass is 10.2. The Morgan fingerprint density at radius 1 is 1.56 bits per heavy atom. The van der Waals surface area contributed by atoms with Crippen molar-refractivity contribution in [3.63, 3.8) is 0 Å². The van der Waals surface area contributed by atoms with Gasteiger partial charge in [-0.2, -0.15) is 0 Å². The second-order valence-corrected chi connectivity index (χ2v) is 4.16. The highest BCUT2D eigenvalue weighted by Gasteiger charge is 2.20. The van der Waals surface area contributed by atoms with Gasteiger partial charge < -0.3 is 14.6 Å². The van der Waals surface area contributed by atoms with Crippen LogP contribution < -0.4 is 4.74 Å². The van der Waals surface area contributed by atoms with Crippen molar-refractivity contribution in [3.05, 3.63) is 33.9 Å². The molecule has 98 valence electrons. The molecule has 1 aromatic rings. The SMILES string of the molecule is O=[N+]([O-])c1ccc(CO)cc1OCC1CCCO1. The van der Waals surface area contributed by atoms with Crippen LogP contribution in [0.15, 0.2) is 18.2 Å². The number of nitrogens with zero attached hydrogens (tertiary/aromatic N) is 1. The molecule has 0 saturated carbocycles. The topological polar surface area (TPSA) is 81.8 Å². The summed E-state index contributed by atoms with van der Waals surface area (Å²) in [6.45, 7) is 0.844.